The molecule has 0 saturated heterocycles. The van der Waals surface area contributed by atoms with Crippen molar-refractivity contribution in [2.75, 3.05) is 6.61 Å². The van der Waals surface area contributed by atoms with E-state index in [9.17, 15) is 14.7 Å². The first-order valence-electron chi connectivity index (χ1n) is 6.00. The molecule has 0 saturated carbocycles. The van der Waals surface area contributed by atoms with Gasteiger partial charge in [-0.1, -0.05) is 6.92 Å². The van der Waals surface area contributed by atoms with Crippen LogP contribution in [0.5, 0.6) is 0 Å². The van der Waals surface area contributed by atoms with Crippen molar-refractivity contribution in [3.05, 3.63) is 22.5 Å². The van der Waals surface area contributed by atoms with Crippen LogP contribution in [0.2, 0.25) is 0 Å². The van der Waals surface area contributed by atoms with E-state index in [0.717, 1.165) is 0 Å². The molecule has 1 rings (SSSR count). The molecule has 0 aromatic carbocycles. The second-order valence-electron chi connectivity index (χ2n) is 4.17. The number of carboxylic acids is 1. The summed E-state index contributed by atoms with van der Waals surface area (Å²) in [4.78, 5) is 23.1. The maximum atomic E-state index is 11.9. The Morgan fingerprint density at radius 3 is 2.22 bits per heavy atom. The number of carboxylic acid groups (broad SMARTS) is 1. The highest BCUT2D eigenvalue weighted by Crippen LogP contribution is 2.32. The number of ether oxygens (including phenoxy) is 1. The van der Waals surface area contributed by atoms with Gasteiger partial charge in [0, 0.05) is 22.9 Å². The molecule has 0 radical (unpaired) electrons. The largest absolute Gasteiger partial charge is 0.545 e. The van der Waals surface area contributed by atoms with E-state index in [1.165, 1.54) is 0 Å². The average molecular weight is 252 g/mol. The lowest BCUT2D eigenvalue weighted by atomic mass is 9.84. The molecule has 0 aliphatic carbocycles. The van der Waals surface area contributed by atoms with Gasteiger partial charge in [-0.3, -0.25) is 0 Å². The van der Waals surface area contributed by atoms with Crippen molar-refractivity contribution in [1.29, 1.82) is 0 Å². The SMILES string of the molecule is CCOC(=O)C1=C(C)NC(C)=C(C(=O)[O-])C1CC. The summed E-state index contributed by atoms with van der Waals surface area (Å²) in [6.45, 7) is 7.21. The lowest BCUT2D eigenvalue weighted by Crippen LogP contribution is -2.37. The van der Waals surface area contributed by atoms with Gasteiger partial charge in [-0.2, -0.15) is 0 Å². The molecule has 0 fully saturated rings. The van der Waals surface area contributed by atoms with Crippen LogP contribution in [0.4, 0.5) is 0 Å². The van der Waals surface area contributed by atoms with Crippen LogP contribution in [0, 0.1) is 5.92 Å². The van der Waals surface area contributed by atoms with Crippen LogP contribution < -0.4 is 10.4 Å². The smallest absolute Gasteiger partial charge is 0.336 e. The topological polar surface area (TPSA) is 78.5 Å². The summed E-state index contributed by atoms with van der Waals surface area (Å²) in [7, 11) is 0. The molecule has 0 spiro atoms. The molecule has 18 heavy (non-hydrogen) atoms. The predicted octanol–water partition coefficient (Wildman–Crippen LogP) is 0.477. The Kier molecular flexibility index (Phi) is 4.53. The van der Waals surface area contributed by atoms with Crippen LogP contribution in [0.25, 0.3) is 0 Å². The summed E-state index contributed by atoms with van der Waals surface area (Å²) in [6.07, 6.45) is 0.508. The van der Waals surface area contributed by atoms with Crippen molar-refractivity contribution >= 4 is 11.9 Å². The van der Waals surface area contributed by atoms with Crippen molar-refractivity contribution in [2.45, 2.75) is 34.1 Å². The molecule has 0 bridgehead atoms. The van der Waals surface area contributed by atoms with Gasteiger partial charge in [0.2, 0.25) is 0 Å². The lowest BCUT2D eigenvalue weighted by Gasteiger charge is -2.31. The van der Waals surface area contributed by atoms with Crippen molar-refractivity contribution in [3.8, 4) is 0 Å². The number of nitrogens with one attached hydrogen (secondary N) is 1. The molecule has 0 amide bonds. The van der Waals surface area contributed by atoms with E-state index in [1.807, 2.05) is 6.92 Å². The third-order valence-corrected chi connectivity index (χ3v) is 3.00. The van der Waals surface area contributed by atoms with Gasteiger partial charge in [0.05, 0.1) is 18.1 Å². The fraction of sp³-hybridized carbons (Fsp3) is 0.538. The van der Waals surface area contributed by atoms with Gasteiger partial charge in [0.15, 0.2) is 0 Å². The Balaban J connectivity index is 3.21. The molecule has 5 heteroatoms. The fourth-order valence-electron chi connectivity index (χ4n) is 2.29. The van der Waals surface area contributed by atoms with Gasteiger partial charge in [-0.15, -0.1) is 0 Å². The van der Waals surface area contributed by atoms with E-state index in [2.05, 4.69) is 5.32 Å². The second kappa shape index (κ2) is 5.71. The Hall–Kier alpha value is -1.78. The number of aliphatic carboxylic acids is 1. The Labute approximate surface area is 107 Å². The zero-order chi connectivity index (χ0) is 13.9. The fourth-order valence-corrected chi connectivity index (χ4v) is 2.29. The number of rotatable bonds is 4. The van der Waals surface area contributed by atoms with Crippen LogP contribution in [-0.2, 0) is 14.3 Å². The summed E-state index contributed by atoms with van der Waals surface area (Å²) in [6, 6.07) is 0. The molecule has 1 heterocycles. The highest BCUT2D eigenvalue weighted by Gasteiger charge is 2.31. The van der Waals surface area contributed by atoms with E-state index in [4.69, 9.17) is 4.74 Å². The zero-order valence-electron chi connectivity index (χ0n) is 11.1. The minimum atomic E-state index is -1.25. The average Bonchev–Trinajstić information content (AvgIpc) is 2.27. The minimum absolute atomic E-state index is 0.131. The number of allylic oxidation sites excluding steroid dienone is 2. The molecule has 0 aromatic heterocycles. The molecule has 0 aromatic rings. The molecule has 1 aliphatic heterocycles. The number of dihydropyridines is 1. The van der Waals surface area contributed by atoms with Gasteiger partial charge in [0.1, 0.15) is 0 Å². The van der Waals surface area contributed by atoms with Gasteiger partial charge in [-0.25, -0.2) is 4.79 Å². The van der Waals surface area contributed by atoms with Crippen molar-refractivity contribution < 1.29 is 19.4 Å². The van der Waals surface area contributed by atoms with Crippen LogP contribution in [0.15, 0.2) is 22.5 Å². The Morgan fingerprint density at radius 2 is 1.78 bits per heavy atom. The van der Waals surface area contributed by atoms with Gasteiger partial charge in [0.25, 0.3) is 0 Å². The third kappa shape index (κ3) is 2.55. The van der Waals surface area contributed by atoms with Crippen molar-refractivity contribution in [1.82, 2.24) is 5.32 Å². The van der Waals surface area contributed by atoms with E-state index in [-0.39, 0.29) is 12.2 Å². The number of esters is 1. The van der Waals surface area contributed by atoms with Crippen molar-refractivity contribution in [2.24, 2.45) is 5.92 Å². The molecule has 100 valence electrons. The zero-order valence-corrected chi connectivity index (χ0v) is 11.1. The first-order valence-corrected chi connectivity index (χ1v) is 6.00. The number of hydrogen-bond acceptors (Lipinski definition) is 5. The maximum Gasteiger partial charge on any atom is 0.336 e. The number of carbonyl (C=O) groups excluding carboxylic acids is 2. The third-order valence-electron chi connectivity index (χ3n) is 3.00. The quantitative estimate of drug-likeness (QED) is 0.736. The molecule has 1 aliphatic rings. The molecule has 5 nitrogen and oxygen atoms in total. The maximum absolute atomic E-state index is 11.9. The normalized spacial score (nSPS) is 19.7. The van der Waals surface area contributed by atoms with Crippen LogP contribution in [0.1, 0.15) is 34.1 Å². The molecule has 1 atom stereocenters. The van der Waals surface area contributed by atoms with Crippen LogP contribution in [0.3, 0.4) is 0 Å². The lowest BCUT2D eigenvalue weighted by molar-refractivity contribution is -0.300. The monoisotopic (exact) mass is 252 g/mol. The van der Waals surface area contributed by atoms with Crippen LogP contribution in [-0.4, -0.2) is 18.5 Å². The second-order valence-corrected chi connectivity index (χ2v) is 4.17. The summed E-state index contributed by atoms with van der Waals surface area (Å²) < 4.78 is 4.97. The molecule has 1 unspecified atom stereocenters. The minimum Gasteiger partial charge on any atom is -0.545 e. The Bertz CT molecular complexity index is 434. The summed E-state index contributed by atoms with van der Waals surface area (Å²) in [5.74, 6) is -2.20. The highest BCUT2D eigenvalue weighted by molar-refractivity contribution is 5.96. The Morgan fingerprint density at radius 1 is 1.22 bits per heavy atom. The van der Waals surface area contributed by atoms with E-state index < -0.39 is 17.9 Å². The van der Waals surface area contributed by atoms with Gasteiger partial charge < -0.3 is 20.0 Å². The first-order chi connectivity index (χ1) is 8.43. The summed E-state index contributed by atoms with van der Waals surface area (Å²) in [5.41, 5.74) is 1.67. The van der Waals surface area contributed by atoms with E-state index in [1.54, 1.807) is 20.8 Å². The van der Waals surface area contributed by atoms with Gasteiger partial charge >= 0.3 is 5.97 Å². The molecule has 1 N–H and O–H groups in total. The number of hydrogen-bond donors (Lipinski definition) is 1. The molecular formula is C13H18NO4-. The number of carbonyl (C=O) groups is 2. The van der Waals surface area contributed by atoms with E-state index >= 15 is 0 Å². The predicted molar refractivity (Wildman–Crippen MR) is 64.0 cm³/mol. The molecular weight excluding hydrogens is 234 g/mol. The van der Waals surface area contributed by atoms with Crippen LogP contribution >= 0.6 is 0 Å². The van der Waals surface area contributed by atoms with Gasteiger partial charge in [-0.05, 0) is 27.2 Å². The summed E-state index contributed by atoms with van der Waals surface area (Å²) >= 11 is 0. The van der Waals surface area contributed by atoms with E-state index in [0.29, 0.717) is 23.4 Å². The standard InChI is InChI=1S/C13H19NO4/c1-5-9-10(12(15)16)7(3)14-8(4)11(9)13(17)18-6-2/h9,14H,5-6H2,1-4H3,(H,15,16)/p-1. The van der Waals surface area contributed by atoms with Crippen molar-refractivity contribution in [3.63, 3.8) is 0 Å². The highest BCUT2D eigenvalue weighted by atomic mass is 16.5. The summed E-state index contributed by atoms with van der Waals surface area (Å²) in [5, 5.41) is 14.1. The first kappa shape index (κ1) is 14.3.